The van der Waals surface area contributed by atoms with E-state index in [1.54, 1.807) is 6.07 Å². The van der Waals surface area contributed by atoms with Crippen molar-refractivity contribution in [3.63, 3.8) is 0 Å². The standard InChI is InChI=1S/C12H4Cl2F3N3O2.ClH/c13-7-1-6(12(15,16)17)2-8(14)10(7)20-9(11(21)22)5(3-18)4-19-20;/h1-2,4H,(H,21,22);1H/p-1. The van der Waals surface area contributed by atoms with E-state index in [0.717, 1.165) is 6.20 Å². The van der Waals surface area contributed by atoms with E-state index in [4.69, 9.17) is 33.6 Å². The van der Waals surface area contributed by atoms with Gasteiger partial charge in [0.05, 0.1) is 21.8 Å². The van der Waals surface area contributed by atoms with Crippen LogP contribution in [-0.4, -0.2) is 20.9 Å². The van der Waals surface area contributed by atoms with Crippen molar-refractivity contribution in [3.05, 3.63) is 45.2 Å². The molecule has 0 saturated carbocycles. The van der Waals surface area contributed by atoms with Crippen LogP contribution in [0.3, 0.4) is 0 Å². The maximum atomic E-state index is 12.7. The van der Waals surface area contributed by atoms with Crippen LogP contribution in [0.2, 0.25) is 10.0 Å². The Morgan fingerprint density at radius 3 is 2.22 bits per heavy atom. The fraction of sp³-hybridized carbons (Fsp3) is 0.0833. The van der Waals surface area contributed by atoms with Gasteiger partial charge in [0, 0.05) is 0 Å². The number of alkyl halides is 3. The van der Waals surface area contributed by atoms with Crippen LogP contribution in [0, 0.1) is 11.3 Å². The number of hydrogen-bond donors (Lipinski definition) is 1. The van der Waals surface area contributed by atoms with Crippen molar-refractivity contribution < 1.29 is 35.5 Å². The first-order valence-corrected chi connectivity index (χ1v) is 6.20. The van der Waals surface area contributed by atoms with Gasteiger partial charge in [0.2, 0.25) is 0 Å². The van der Waals surface area contributed by atoms with E-state index in [0.29, 0.717) is 16.8 Å². The fourth-order valence-electron chi connectivity index (χ4n) is 1.74. The Kier molecular flexibility index (Phi) is 5.53. The molecule has 1 aromatic heterocycles. The molecule has 1 aromatic carbocycles. The highest BCUT2D eigenvalue weighted by atomic mass is 35.5. The molecule has 0 fully saturated rings. The summed E-state index contributed by atoms with van der Waals surface area (Å²) in [5, 5.41) is 20.7. The van der Waals surface area contributed by atoms with Gasteiger partial charge in [-0.15, -0.1) is 0 Å². The van der Waals surface area contributed by atoms with E-state index < -0.39 is 33.4 Å². The average molecular weight is 386 g/mol. The quantitative estimate of drug-likeness (QED) is 0.828. The number of carbonyl (C=O) groups is 1. The topological polar surface area (TPSA) is 78.9 Å². The molecule has 0 saturated heterocycles. The first-order chi connectivity index (χ1) is 10.2. The Morgan fingerprint density at radius 1 is 1.30 bits per heavy atom. The van der Waals surface area contributed by atoms with Crippen molar-refractivity contribution in [2.45, 2.75) is 6.18 Å². The Morgan fingerprint density at radius 2 is 1.83 bits per heavy atom. The Bertz CT molecular complexity index is 789. The Hall–Kier alpha value is -1.95. The number of carboxylic acid groups (broad SMARTS) is 1. The van der Waals surface area contributed by atoms with Gasteiger partial charge in [0.1, 0.15) is 17.3 Å². The van der Waals surface area contributed by atoms with Crippen molar-refractivity contribution in [2.75, 3.05) is 0 Å². The summed E-state index contributed by atoms with van der Waals surface area (Å²) in [6.45, 7) is 0. The predicted molar refractivity (Wildman–Crippen MR) is 70.3 cm³/mol. The lowest BCUT2D eigenvalue weighted by Gasteiger charge is -2.13. The van der Waals surface area contributed by atoms with Crippen LogP contribution in [0.15, 0.2) is 18.3 Å². The number of carboxylic acids is 1. The molecule has 0 unspecified atom stereocenters. The van der Waals surface area contributed by atoms with Crippen molar-refractivity contribution in [1.29, 1.82) is 5.26 Å². The molecule has 122 valence electrons. The molecular weight excluding hydrogens is 382 g/mol. The van der Waals surface area contributed by atoms with Crippen molar-refractivity contribution in [2.24, 2.45) is 0 Å². The summed E-state index contributed by atoms with van der Waals surface area (Å²) in [5.74, 6) is -1.50. The van der Waals surface area contributed by atoms with Crippen LogP contribution < -0.4 is 12.4 Å². The van der Waals surface area contributed by atoms with Crippen molar-refractivity contribution >= 4 is 29.2 Å². The molecule has 0 bridgehead atoms. The van der Waals surface area contributed by atoms with E-state index in [9.17, 15) is 18.0 Å². The largest absolute Gasteiger partial charge is 1.00 e. The molecule has 1 N–H and O–H groups in total. The number of halogens is 6. The average Bonchev–Trinajstić information content (AvgIpc) is 2.80. The fourth-order valence-corrected chi connectivity index (χ4v) is 2.38. The van der Waals surface area contributed by atoms with Crippen LogP contribution in [-0.2, 0) is 6.18 Å². The van der Waals surface area contributed by atoms with Crippen LogP contribution >= 0.6 is 23.2 Å². The van der Waals surface area contributed by atoms with Gasteiger partial charge in [-0.25, -0.2) is 9.48 Å². The Labute approximate surface area is 143 Å². The minimum atomic E-state index is -4.66. The van der Waals surface area contributed by atoms with Gasteiger partial charge in [0.25, 0.3) is 0 Å². The second-order valence-corrected chi connectivity index (χ2v) is 4.84. The molecule has 5 nitrogen and oxygen atoms in total. The highest BCUT2D eigenvalue weighted by Gasteiger charge is 2.33. The number of hydrogen-bond acceptors (Lipinski definition) is 3. The summed E-state index contributed by atoms with van der Waals surface area (Å²) in [6, 6.07) is 2.81. The van der Waals surface area contributed by atoms with Crippen LogP contribution in [0.5, 0.6) is 0 Å². The molecule has 0 aliphatic carbocycles. The summed E-state index contributed by atoms with van der Waals surface area (Å²) in [6.07, 6.45) is -3.71. The van der Waals surface area contributed by atoms with Crippen molar-refractivity contribution in [3.8, 4) is 11.8 Å². The summed E-state index contributed by atoms with van der Waals surface area (Å²) >= 11 is 11.6. The Balaban J connectivity index is 0.00000264. The maximum absolute atomic E-state index is 12.7. The second-order valence-electron chi connectivity index (χ2n) is 4.02. The molecule has 0 amide bonds. The van der Waals surface area contributed by atoms with Gasteiger partial charge in [0.15, 0.2) is 5.69 Å². The van der Waals surface area contributed by atoms with E-state index in [1.807, 2.05) is 0 Å². The third kappa shape index (κ3) is 3.52. The van der Waals surface area contributed by atoms with Crippen LogP contribution in [0.25, 0.3) is 5.69 Å². The minimum Gasteiger partial charge on any atom is -1.00 e. The number of aromatic nitrogens is 2. The molecule has 2 rings (SSSR count). The summed E-state index contributed by atoms with van der Waals surface area (Å²) < 4.78 is 38.7. The smallest absolute Gasteiger partial charge is 0.416 e. The van der Waals surface area contributed by atoms with Gasteiger partial charge in [-0.2, -0.15) is 23.5 Å². The zero-order valence-corrected chi connectivity index (χ0v) is 13.0. The second kappa shape index (κ2) is 6.66. The molecule has 0 radical (unpaired) electrons. The minimum absolute atomic E-state index is 0. The van der Waals surface area contributed by atoms with Crippen molar-refractivity contribution in [1.82, 2.24) is 9.78 Å². The first-order valence-electron chi connectivity index (χ1n) is 5.45. The zero-order chi connectivity index (χ0) is 16.7. The SMILES string of the molecule is N#Cc1cnn(-c2c(Cl)cc(C(F)(F)F)cc2Cl)c1C(=O)O.[Cl-]. The number of nitriles is 1. The van der Waals surface area contributed by atoms with Gasteiger partial charge < -0.3 is 17.5 Å². The molecule has 2 aromatic rings. The van der Waals surface area contributed by atoms with E-state index in [2.05, 4.69) is 5.10 Å². The van der Waals surface area contributed by atoms with Gasteiger partial charge in [-0.1, -0.05) is 23.2 Å². The molecule has 0 atom stereocenters. The molecule has 0 aliphatic heterocycles. The molecule has 0 aliphatic rings. The highest BCUT2D eigenvalue weighted by Crippen LogP contribution is 2.37. The normalized spacial score (nSPS) is 10.8. The molecule has 11 heteroatoms. The number of rotatable bonds is 2. The third-order valence-corrected chi connectivity index (χ3v) is 3.22. The van der Waals surface area contributed by atoms with E-state index in [-0.39, 0.29) is 23.7 Å². The van der Waals surface area contributed by atoms with Gasteiger partial charge in [-0.3, -0.25) is 0 Å². The van der Waals surface area contributed by atoms with Crippen LogP contribution in [0.4, 0.5) is 13.2 Å². The monoisotopic (exact) mass is 384 g/mol. The number of benzene rings is 1. The lowest BCUT2D eigenvalue weighted by Crippen LogP contribution is -3.00. The van der Waals surface area contributed by atoms with Gasteiger partial charge in [-0.05, 0) is 12.1 Å². The molecular formula is C12H4Cl3F3N3O2-. The number of aromatic carboxylic acids is 1. The maximum Gasteiger partial charge on any atom is 0.416 e. The van der Waals surface area contributed by atoms with E-state index >= 15 is 0 Å². The first kappa shape index (κ1) is 19.1. The number of nitrogens with zero attached hydrogens (tertiary/aromatic N) is 3. The molecule has 23 heavy (non-hydrogen) atoms. The molecule has 1 heterocycles. The summed E-state index contributed by atoms with van der Waals surface area (Å²) in [4.78, 5) is 11.2. The lowest BCUT2D eigenvalue weighted by molar-refractivity contribution is -0.137. The van der Waals surface area contributed by atoms with E-state index in [1.165, 1.54) is 0 Å². The third-order valence-electron chi connectivity index (χ3n) is 2.65. The zero-order valence-electron chi connectivity index (χ0n) is 10.7. The molecule has 0 spiro atoms. The summed E-state index contributed by atoms with van der Waals surface area (Å²) in [5.41, 5.74) is -2.17. The lowest BCUT2D eigenvalue weighted by atomic mass is 10.2. The summed E-state index contributed by atoms with van der Waals surface area (Å²) in [7, 11) is 0. The van der Waals surface area contributed by atoms with Gasteiger partial charge >= 0.3 is 12.1 Å². The predicted octanol–water partition coefficient (Wildman–Crippen LogP) is 0.772. The highest BCUT2D eigenvalue weighted by molar-refractivity contribution is 6.38. The van der Waals surface area contributed by atoms with Crippen LogP contribution in [0.1, 0.15) is 21.6 Å².